The van der Waals surface area contributed by atoms with Crippen LogP contribution >= 0.6 is 0 Å². The van der Waals surface area contributed by atoms with Gasteiger partial charge in [0.2, 0.25) is 0 Å². The topological polar surface area (TPSA) is 44.0 Å². The Labute approximate surface area is 96.4 Å². The number of hydrogen-bond acceptors (Lipinski definition) is 3. The molecule has 1 atom stereocenters. The average molecular weight is 220 g/mol. The molecule has 4 nitrogen and oxygen atoms in total. The maximum atomic E-state index is 4.78. The molecule has 3 heterocycles. The lowest BCUT2D eigenvalue weighted by Gasteiger charge is -2.11. The van der Waals surface area contributed by atoms with Crippen molar-refractivity contribution >= 4 is 0 Å². The lowest BCUT2D eigenvalue weighted by Crippen LogP contribution is -2.23. The number of fused-ring (bicyclic) bond motifs is 1. The van der Waals surface area contributed by atoms with Crippen molar-refractivity contribution < 1.29 is 0 Å². The first-order valence-corrected chi connectivity index (χ1v) is 6.37. The molecule has 3 rings (SSSR count). The van der Waals surface area contributed by atoms with Crippen LogP contribution in [0.2, 0.25) is 0 Å². The fourth-order valence-corrected chi connectivity index (χ4v) is 2.78. The molecule has 2 N–H and O–H groups in total. The molecule has 0 saturated carbocycles. The van der Waals surface area contributed by atoms with Crippen molar-refractivity contribution in [1.82, 2.24) is 20.2 Å². The van der Waals surface area contributed by atoms with Gasteiger partial charge in [0, 0.05) is 32.0 Å². The molecule has 2 aliphatic heterocycles. The van der Waals surface area contributed by atoms with Gasteiger partial charge in [-0.25, -0.2) is 4.98 Å². The Hall–Kier alpha value is -0.870. The number of nitrogens with one attached hydrogen (secondary N) is 2. The monoisotopic (exact) mass is 220 g/mol. The Kier molecular flexibility index (Phi) is 2.69. The highest BCUT2D eigenvalue weighted by atomic mass is 15.1. The molecule has 0 radical (unpaired) electrons. The van der Waals surface area contributed by atoms with E-state index in [0.717, 1.165) is 19.5 Å². The molecule has 16 heavy (non-hydrogen) atoms. The van der Waals surface area contributed by atoms with Crippen molar-refractivity contribution in [1.29, 1.82) is 0 Å². The van der Waals surface area contributed by atoms with E-state index >= 15 is 0 Å². The molecular weight excluding hydrogens is 200 g/mol. The molecule has 0 bridgehead atoms. The molecule has 0 aromatic carbocycles. The van der Waals surface area contributed by atoms with Crippen molar-refractivity contribution in [3.05, 3.63) is 17.2 Å². The van der Waals surface area contributed by atoms with Gasteiger partial charge >= 0.3 is 0 Å². The summed E-state index contributed by atoms with van der Waals surface area (Å²) in [6.45, 7) is 7.84. The van der Waals surface area contributed by atoms with Gasteiger partial charge in [0.15, 0.2) is 0 Å². The first-order valence-electron chi connectivity index (χ1n) is 6.37. The number of aromatic amines is 1. The van der Waals surface area contributed by atoms with Crippen LogP contribution < -0.4 is 5.32 Å². The van der Waals surface area contributed by atoms with E-state index in [2.05, 4.69) is 22.1 Å². The van der Waals surface area contributed by atoms with Crippen LogP contribution in [0.25, 0.3) is 0 Å². The third-order valence-corrected chi connectivity index (χ3v) is 3.83. The van der Waals surface area contributed by atoms with Crippen LogP contribution in [0.1, 0.15) is 36.5 Å². The molecule has 88 valence electrons. The van der Waals surface area contributed by atoms with Crippen molar-refractivity contribution in [3.63, 3.8) is 0 Å². The molecule has 1 saturated heterocycles. The molecule has 0 spiro atoms. The summed E-state index contributed by atoms with van der Waals surface area (Å²) in [6.07, 6.45) is 2.34. The van der Waals surface area contributed by atoms with Gasteiger partial charge in [0.25, 0.3) is 0 Å². The van der Waals surface area contributed by atoms with Crippen LogP contribution in [0.3, 0.4) is 0 Å². The quantitative estimate of drug-likeness (QED) is 0.777. The van der Waals surface area contributed by atoms with Crippen molar-refractivity contribution in [2.75, 3.05) is 26.2 Å². The second kappa shape index (κ2) is 4.18. The third-order valence-electron chi connectivity index (χ3n) is 3.83. The summed E-state index contributed by atoms with van der Waals surface area (Å²) < 4.78 is 0. The number of H-pyrrole nitrogens is 1. The molecule has 0 aliphatic carbocycles. The smallest absolute Gasteiger partial charge is 0.111 e. The fourth-order valence-electron chi connectivity index (χ4n) is 2.78. The van der Waals surface area contributed by atoms with Crippen LogP contribution in [0.4, 0.5) is 0 Å². The molecule has 4 heteroatoms. The van der Waals surface area contributed by atoms with E-state index < -0.39 is 0 Å². The van der Waals surface area contributed by atoms with Crippen LogP contribution in [0.15, 0.2) is 0 Å². The van der Waals surface area contributed by atoms with Crippen LogP contribution in [0, 0.1) is 0 Å². The summed E-state index contributed by atoms with van der Waals surface area (Å²) in [4.78, 5) is 10.8. The summed E-state index contributed by atoms with van der Waals surface area (Å²) in [5.41, 5.74) is 2.61. The van der Waals surface area contributed by atoms with E-state index in [9.17, 15) is 0 Å². The highest BCUT2D eigenvalue weighted by Crippen LogP contribution is 2.26. The molecule has 2 aliphatic rings. The summed E-state index contributed by atoms with van der Waals surface area (Å²) in [6, 6.07) is 0. The number of hydrogen-bond donors (Lipinski definition) is 2. The predicted molar refractivity (Wildman–Crippen MR) is 63.5 cm³/mol. The van der Waals surface area contributed by atoms with Crippen molar-refractivity contribution in [2.45, 2.75) is 32.2 Å². The van der Waals surface area contributed by atoms with Gasteiger partial charge in [0.05, 0.1) is 11.4 Å². The lowest BCUT2D eigenvalue weighted by atomic mass is 10.1. The summed E-state index contributed by atoms with van der Waals surface area (Å²) in [5, 5.41) is 3.38. The van der Waals surface area contributed by atoms with E-state index in [1.54, 1.807) is 0 Å². The van der Waals surface area contributed by atoms with E-state index in [4.69, 9.17) is 4.98 Å². The Morgan fingerprint density at radius 1 is 1.50 bits per heavy atom. The zero-order chi connectivity index (χ0) is 11.0. The first kappa shape index (κ1) is 10.3. The SMILES string of the molecule is CCN1CCC(c2nc3c([nH]2)CNCC3)C1. The van der Waals surface area contributed by atoms with E-state index in [1.165, 1.54) is 43.3 Å². The molecule has 1 aromatic rings. The summed E-state index contributed by atoms with van der Waals surface area (Å²) in [5.74, 6) is 1.86. The highest BCUT2D eigenvalue weighted by Gasteiger charge is 2.26. The largest absolute Gasteiger partial charge is 0.344 e. The standard InChI is InChI=1S/C12H20N4/c1-2-16-6-4-9(8-16)12-14-10-3-5-13-7-11(10)15-12/h9,13H,2-8H2,1H3,(H,14,15). The predicted octanol–water partition coefficient (Wildman–Crippen LogP) is 0.865. The highest BCUT2D eigenvalue weighted by molar-refractivity contribution is 5.20. The summed E-state index contributed by atoms with van der Waals surface area (Å²) >= 11 is 0. The minimum Gasteiger partial charge on any atom is -0.344 e. The molecule has 0 amide bonds. The fraction of sp³-hybridized carbons (Fsp3) is 0.750. The molecular formula is C12H20N4. The number of aromatic nitrogens is 2. The Bertz CT molecular complexity index is 348. The number of nitrogens with zero attached hydrogens (tertiary/aromatic N) is 2. The Morgan fingerprint density at radius 2 is 2.44 bits per heavy atom. The zero-order valence-electron chi connectivity index (χ0n) is 9.92. The van der Waals surface area contributed by atoms with Gasteiger partial charge in [-0.2, -0.15) is 0 Å². The van der Waals surface area contributed by atoms with Gasteiger partial charge in [-0.3, -0.25) is 0 Å². The number of likely N-dealkylation sites (tertiary alicyclic amines) is 1. The van der Waals surface area contributed by atoms with Gasteiger partial charge < -0.3 is 15.2 Å². The number of likely N-dealkylation sites (N-methyl/N-ethyl adjacent to an activating group) is 1. The maximum Gasteiger partial charge on any atom is 0.111 e. The van der Waals surface area contributed by atoms with Gasteiger partial charge in [-0.05, 0) is 19.5 Å². The number of imidazole rings is 1. The van der Waals surface area contributed by atoms with Crippen molar-refractivity contribution in [3.8, 4) is 0 Å². The molecule has 1 unspecified atom stereocenters. The normalized spacial score (nSPS) is 25.9. The van der Waals surface area contributed by atoms with Gasteiger partial charge in [-0.15, -0.1) is 0 Å². The second-order valence-electron chi connectivity index (χ2n) is 4.85. The minimum atomic E-state index is 0.630. The van der Waals surface area contributed by atoms with E-state index in [-0.39, 0.29) is 0 Å². The van der Waals surface area contributed by atoms with E-state index in [1.807, 2.05) is 0 Å². The number of rotatable bonds is 2. The molecule has 1 fully saturated rings. The minimum absolute atomic E-state index is 0.630. The van der Waals surface area contributed by atoms with Crippen LogP contribution in [0.5, 0.6) is 0 Å². The van der Waals surface area contributed by atoms with Gasteiger partial charge in [0.1, 0.15) is 5.82 Å². The Balaban J connectivity index is 1.77. The maximum absolute atomic E-state index is 4.78. The van der Waals surface area contributed by atoms with E-state index in [0.29, 0.717) is 5.92 Å². The zero-order valence-corrected chi connectivity index (χ0v) is 9.92. The first-order chi connectivity index (χ1) is 7.86. The molecule has 1 aromatic heterocycles. The average Bonchev–Trinajstić information content (AvgIpc) is 2.95. The van der Waals surface area contributed by atoms with Gasteiger partial charge in [-0.1, -0.05) is 6.92 Å². The Morgan fingerprint density at radius 3 is 3.19 bits per heavy atom. The summed E-state index contributed by atoms with van der Waals surface area (Å²) in [7, 11) is 0. The van der Waals surface area contributed by atoms with Crippen molar-refractivity contribution in [2.24, 2.45) is 0 Å². The second-order valence-corrected chi connectivity index (χ2v) is 4.85. The van der Waals surface area contributed by atoms with Crippen LogP contribution in [-0.2, 0) is 13.0 Å². The lowest BCUT2D eigenvalue weighted by molar-refractivity contribution is 0.352. The third kappa shape index (κ3) is 1.76. The van der Waals surface area contributed by atoms with Crippen LogP contribution in [-0.4, -0.2) is 41.0 Å².